The highest BCUT2D eigenvalue weighted by atomic mass is 16.5. The molecule has 128 valence electrons. The minimum atomic E-state index is -0.527. The van der Waals surface area contributed by atoms with Crippen LogP contribution in [0, 0.1) is 6.92 Å². The number of hydrogen-bond acceptors (Lipinski definition) is 4. The third-order valence-corrected chi connectivity index (χ3v) is 4.11. The van der Waals surface area contributed by atoms with Crippen molar-refractivity contribution in [3.05, 3.63) is 53.1 Å². The van der Waals surface area contributed by atoms with Crippen LogP contribution in [0.5, 0.6) is 11.6 Å². The van der Waals surface area contributed by atoms with E-state index in [4.69, 9.17) is 4.74 Å². The van der Waals surface area contributed by atoms with E-state index in [2.05, 4.69) is 15.2 Å². The molecular weight excluding hydrogens is 318 g/mol. The quantitative estimate of drug-likeness (QED) is 0.678. The van der Waals surface area contributed by atoms with Gasteiger partial charge in [-0.05, 0) is 42.7 Å². The monoisotopic (exact) mass is 337 g/mol. The lowest BCUT2D eigenvalue weighted by Gasteiger charge is -2.07. The molecule has 6 heteroatoms. The molecule has 25 heavy (non-hydrogen) atoms. The van der Waals surface area contributed by atoms with Crippen LogP contribution in [0.1, 0.15) is 28.4 Å². The third-order valence-electron chi connectivity index (χ3n) is 4.11. The van der Waals surface area contributed by atoms with E-state index in [0.717, 1.165) is 28.5 Å². The van der Waals surface area contributed by atoms with Gasteiger partial charge >= 0.3 is 0 Å². The lowest BCUT2D eigenvalue weighted by molar-refractivity contribution is 0.0992. The highest BCUT2D eigenvalue weighted by Crippen LogP contribution is 2.36. The van der Waals surface area contributed by atoms with E-state index >= 15 is 0 Å². The minimum Gasteiger partial charge on any atom is -0.496 e. The number of nitrogens with zero attached hydrogens (tertiary/aromatic N) is 2. The molecule has 0 bridgehead atoms. The molecule has 0 radical (unpaired) electrons. The molecule has 2 aromatic carbocycles. The van der Waals surface area contributed by atoms with Gasteiger partial charge in [-0.15, -0.1) is 10.2 Å². The first-order valence-electron chi connectivity index (χ1n) is 7.98. The van der Waals surface area contributed by atoms with Gasteiger partial charge in [0.15, 0.2) is 5.69 Å². The van der Waals surface area contributed by atoms with E-state index in [-0.39, 0.29) is 11.6 Å². The molecule has 3 rings (SSSR count). The second-order valence-corrected chi connectivity index (χ2v) is 5.72. The number of carbonyl (C=O) groups is 1. The second-order valence-electron chi connectivity index (χ2n) is 5.72. The van der Waals surface area contributed by atoms with Crippen molar-refractivity contribution in [2.24, 2.45) is 10.2 Å². The van der Waals surface area contributed by atoms with Crippen molar-refractivity contribution >= 4 is 22.5 Å². The van der Waals surface area contributed by atoms with Crippen LogP contribution in [0.2, 0.25) is 0 Å². The molecule has 0 aliphatic heterocycles. The molecule has 1 heterocycles. The molecular formula is C19H19N3O3. The minimum absolute atomic E-state index is 0.115. The Hall–Kier alpha value is -3.15. The van der Waals surface area contributed by atoms with Crippen molar-refractivity contribution in [2.75, 3.05) is 7.11 Å². The van der Waals surface area contributed by atoms with Gasteiger partial charge in [0, 0.05) is 5.39 Å². The van der Waals surface area contributed by atoms with Crippen molar-refractivity contribution in [3.8, 4) is 11.6 Å². The molecule has 1 amide bonds. The van der Waals surface area contributed by atoms with Crippen molar-refractivity contribution in [1.82, 2.24) is 4.98 Å². The predicted molar refractivity (Wildman–Crippen MR) is 95.9 cm³/mol. The second kappa shape index (κ2) is 6.76. The van der Waals surface area contributed by atoms with Gasteiger partial charge in [0.25, 0.3) is 5.91 Å². The standard InChI is InChI=1S/C19H19N3O3/c1-4-12-8-9-15-14(10-12)16(19(24)20-15)21-22-18(23)13-7-5-6-11(2)17(13)25-3/h5-10,20,24H,4H2,1-3H3. The summed E-state index contributed by atoms with van der Waals surface area (Å²) in [7, 11) is 1.51. The van der Waals surface area contributed by atoms with Crippen LogP contribution in [0.25, 0.3) is 10.9 Å². The molecule has 3 aromatic rings. The number of H-pyrrole nitrogens is 1. The third kappa shape index (κ3) is 3.10. The number of carbonyl (C=O) groups excluding carboxylic acids is 1. The maximum Gasteiger partial charge on any atom is 0.299 e. The summed E-state index contributed by atoms with van der Waals surface area (Å²) in [6.45, 7) is 3.90. The fraction of sp³-hybridized carbons (Fsp3) is 0.211. The van der Waals surface area contributed by atoms with Gasteiger partial charge < -0.3 is 14.8 Å². The Morgan fingerprint density at radius 1 is 1.28 bits per heavy atom. The Morgan fingerprint density at radius 2 is 2.08 bits per heavy atom. The number of benzene rings is 2. The van der Waals surface area contributed by atoms with Gasteiger partial charge in [0.2, 0.25) is 5.88 Å². The Kier molecular flexibility index (Phi) is 4.52. The van der Waals surface area contributed by atoms with E-state index in [1.165, 1.54) is 7.11 Å². The molecule has 0 saturated heterocycles. The van der Waals surface area contributed by atoms with Crippen molar-refractivity contribution in [1.29, 1.82) is 0 Å². The van der Waals surface area contributed by atoms with Crippen LogP contribution in [-0.2, 0) is 6.42 Å². The number of aryl methyl sites for hydroxylation is 2. The van der Waals surface area contributed by atoms with Crippen molar-refractivity contribution in [3.63, 3.8) is 0 Å². The normalized spacial score (nSPS) is 11.3. The van der Waals surface area contributed by atoms with Crippen LogP contribution in [0.3, 0.4) is 0 Å². The van der Waals surface area contributed by atoms with Crippen LogP contribution in [-0.4, -0.2) is 23.1 Å². The summed E-state index contributed by atoms with van der Waals surface area (Å²) in [6, 6.07) is 11.0. The van der Waals surface area contributed by atoms with Crippen LogP contribution in [0.4, 0.5) is 5.69 Å². The molecule has 2 N–H and O–H groups in total. The number of hydrogen-bond donors (Lipinski definition) is 2. The molecule has 0 atom stereocenters. The highest BCUT2D eigenvalue weighted by Gasteiger charge is 2.15. The van der Waals surface area contributed by atoms with E-state index in [1.54, 1.807) is 12.1 Å². The van der Waals surface area contributed by atoms with Gasteiger partial charge in [-0.2, -0.15) is 0 Å². The zero-order valence-electron chi connectivity index (χ0n) is 14.3. The number of aromatic nitrogens is 1. The first-order chi connectivity index (χ1) is 12.0. The Balaban J connectivity index is 2.00. The summed E-state index contributed by atoms with van der Waals surface area (Å²) in [5, 5.41) is 18.6. The van der Waals surface area contributed by atoms with Crippen molar-refractivity contribution in [2.45, 2.75) is 20.3 Å². The molecule has 0 saturated carbocycles. The lowest BCUT2D eigenvalue weighted by Crippen LogP contribution is -2.00. The zero-order valence-corrected chi connectivity index (χ0v) is 14.3. The van der Waals surface area contributed by atoms with Crippen LogP contribution >= 0.6 is 0 Å². The maximum atomic E-state index is 12.4. The summed E-state index contributed by atoms with van der Waals surface area (Å²) in [5.74, 6) is -0.167. The molecule has 6 nitrogen and oxygen atoms in total. The van der Waals surface area contributed by atoms with Gasteiger partial charge in [-0.3, -0.25) is 4.79 Å². The summed E-state index contributed by atoms with van der Waals surface area (Å²) in [5.41, 5.74) is 3.27. The Bertz CT molecular complexity index is 973. The summed E-state index contributed by atoms with van der Waals surface area (Å²) in [6.07, 6.45) is 0.859. The summed E-state index contributed by atoms with van der Waals surface area (Å²) < 4.78 is 5.28. The number of rotatable bonds is 4. The SMILES string of the molecule is CCc1ccc2[nH]c(O)c(N=NC(=O)c3cccc(C)c3OC)c2c1. The first-order valence-corrected chi connectivity index (χ1v) is 7.98. The zero-order chi connectivity index (χ0) is 18.0. The van der Waals surface area contributed by atoms with E-state index in [1.807, 2.05) is 38.1 Å². The van der Waals surface area contributed by atoms with Crippen LogP contribution in [0.15, 0.2) is 46.6 Å². The number of amides is 1. The van der Waals surface area contributed by atoms with E-state index in [9.17, 15) is 9.90 Å². The lowest BCUT2D eigenvalue weighted by atomic mass is 10.1. The topological polar surface area (TPSA) is 87.0 Å². The van der Waals surface area contributed by atoms with Gasteiger partial charge in [0.05, 0.1) is 18.2 Å². The van der Waals surface area contributed by atoms with Gasteiger partial charge in [-0.1, -0.05) is 25.1 Å². The van der Waals surface area contributed by atoms with Crippen molar-refractivity contribution < 1.29 is 14.6 Å². The molecule has 0 aliphatic carbocycles. The maximum absolute atomic E-state index is 12.4. The first kappa shape index (κ1) is 16.7. The molecule has 0 fully saturated rings. The number of para-hydroxylation sites is 1. The average Bonchev–Trinajstić information content (AvgIpc) is 2.93. The Labute approximate surface area is 145 Å². The van der Waals surface area contributed by atoms with Gasteiger partial charge in [0.1, 0.15) is 5.75 Å². The number of ether oxygens (including phenoxy) is 1. The molecule has 1 aromatic heterocycles. The number of nitrogens with one attached hydrogen (secondary N) is 1. The average molecular weight is 337 g/mol. The summed E-state index contributed by atoms with van der Waals surface area (Å²) in [4.78, 5) is 15.2. The number of methoxy groups -OCH3 is 1. The fourth-order valence-corrected chi connectivity index (χ4v) is 2.77. The van der Waals surface area contributed by atoms with E-state index < -0.39 is 5.91 Å². The summed E-state index contributed by atoms with van der Waals surface area (Å²) >= 11 is 0. The van der Waals surface area contributed by atoms with Crippen LogP contribution < -0.4 is 4.74 Å². The smallest absolute Gasteiger partial charge is 0.299 e. The largest absolute Gasteiger partial charge is 0.496 e. The fourth-order valence-electron chi connectivity index (χ4n) is 2.77. The molecule has 0 spiro atoms. The number of azo groups is 1. The number of aromatic amines is 1. The van der Waals surface area contributed by atoms with Gasteiger partial charge in [-0.25, -0.2) is 0 Å². The number of fused-ring (bicyclic) bond motifs is 1. The predicted octanol–water partition coefficient (Wildman–Crippen LogP) is 4.68. The molecule has 0 aliphatic rings. The van der Waals surface area contributed by atoms with E-state index in [0.29, 0.717) is 11.3 Å². The number of aromatic hydroxyl groups is 1. The Morgan fingerprint density at radius 3 is 2.80 bits per heavy atom. The molecule has 0 unspecified atom stereocenters. The highest BCUT2D eigenvalue weighted by molar-refractivity contribution is 5.99.